The van der Waals surface area contributed by atoms with Gasteiger partial charge in [0.05, 0.1) is 11.3 Å². The first-order valence-corrected chi connectivity index (χ1v) is 9.37. The third-order valence-corrected chi connectivity index (χ3v) is 4.66. The van der Waals surface area contributed by atoms with Gasteiger partial charge in [-0.1, -0.05) is 65.8 Å². The van der Waals surface area contributed by atoms with Gasteiger partial charge < -0.3 is 9.62 Å². The fraction of sp³-hybridized carbons (Fsp3) is 0.0417. The molecule has 0 bridgehead atoms. The van der Waals surface area contributed by atoms with Gasteiger partial charge >= 0.3 is 5.63 Å². The highest BCUT2D eigenvalue weighted by Gasteiger charge is 2.10. The van der Waals surface area contributed by atoms with E-state index in [4.69, 9.17) is 4.42 Å². The molecule has 0 radical (unpaired) electrons. The Morgan fingerprint density at radius 3 is 2.33 bits per heavy atom. The van der Waals surface area contributed by atoms with Crippen LogP contribution in [0.25, 0.3) is 22.1 Å². The van der Waals surface area contributed by atoms with Gasteiger partial charge in [0.1, 0.15) is 17.0 Å². The summed E-state index contributed by atoms with van der Waals surface area (Å²) < 4.78 is 5.54. The molecule has 0 fully saturated rings. The van der Waals surface area contributed by atoms with Gasteiger partial charge in [-0.15, -0.1) is 0 Å². The Labute approximate surface area is 172 Å². The highest BCUT2D eigenvalue weighted by Crippen LogP contribution is 2.23. The minimum Gasteiger partial charge on any atom is -0.422 e. The highest BCUT2D eigenvalue weighted by molar-refractivity contribution is 6.47. The van der Waals surface area contributed by atoms with Crippen molar-refractivity contribution in [2.75, 3.05) is 5.43 Å². The number of rotatable bonds is 5. The second-order valence-corrected chi connectivity index (χ2v) is 6.69. The molecular weight excluding hydrogens is 378 g/mol. The maximum Gasteiger partial charge on any atom is 0.344 e. The lowest BCUT2D eigenvalue weighted by molar-refractivity contribution is 0.320. The summed E-state index contributed by atoms with van der Waals surface area (Å²) in [4.78, 5) is 12.5. The number of hydrogen-bond acceptors (Lipinski definition) is 6. The highest BCUT2D eigenvalue weighted by atomic mass is 16.4. The first-order valence-electron chi connectivity index (χ1n) is 9.37. The molecule has 0 aliphatic heterocycles. The summed E-state index contributed by atoms with van der Waals surface area (Å²) in [5.41, 5.74) is 6.64. The topological polar surface area (TPSA) is 87.2 Å². The number of benzene rings is 3. The summed E-state index contributed by atoms with van der Waals surface area (Å²) in [6.45, 7) is 1.66. The second kappa shape index (κ2) is 8.45. The van der Waals surface area contributed by atoms with Crippen LogP contribution < -0.4 is 11.1 Å². The van der Waals surface area contributed by atoms with Crippen molar-refractivity contribution >= 4 is 28.1 Å². The number of hydrogen-bond donors (Lipinski definition) is 2. The lowest BCUT2D eigenvalue weighted by Crippen LogP contribution is -2.14. The van der Waals surface area contributed by atoms with E-state index in [-0.39, 0.29) is 0 Å². The number of oxime groups is 1. The van der Waals surface area contributed by atoms with E-state index in [2.05, 4.69) is 15.7 Å². The van der Waals surface area contributed by atoms with Crippen LogP contribution in [0.3, 0.4) is 0 Å². The fourth-order valence-corrected chi connectivity index (χ4v) is 3.12. The van der Waals surface area contributed by atoms with Crippen LogP contribution in [0.5, 0.6) is 0 Å². The normalized spacial score (nSPS) is 12.2. The summed E-state index contributed by atoms with van der Waals surface area (Å²) in [7, 11) is 0. The van der Waals surface area contributed by atoms with Gasteiger partial charge in [-0.25, -0.2) is 4.79 Å². The van der Waals surface area contributed by atoms with E-state index < -0.39 is 5.63 Å². The molecular formula is C24H19N3O3. The fourth-order valence-electron chi connectivity index (χ4n) is 3.12. The van der Waals surface area contributed by atoms with Crippen molar-refractivity contribution in [1.29, 1.82) is 0 Å². The summed E-state index contributed by atoms with van der Waals surface area (Å²) in [6, 6.07) is 26.0. The Kier molecular flexibility index (Phi) is 5.39. The second-order valence-electron chi connectivity index (χ2n) is 6.69. The van der Waals surface area contributed by atoms with E-state index in [1.54, 1.807) is 13.0 Å². The molecule has 0 spiro atoms. The Bertz CT molecular complexity index is 1290. The molecule has 30 heavy (non-hydrogen) atoms. The minimum absolute atomic E-state index is 0.369. The van der Waals surface area contributed by atoms with Crippen molar-refractivity contribution in [3.8, 4) is 11.1 Å². The van der Waals surface area contributed by atoms with Gasteiger partial charge in [-0.2, -0.15) is 5.10 Å². The van der Waals surface area contributed by atoms with Crippen LogP contribution in [0.15, 0.2) is 104 Å². The van der Waals surface area contributed by atoms with Gasteiger partial charge in [0.25, 0.3) is 0 Å². The number of fused-ring (bicyclic) bond motifs is 1. The Morgan fingerprint density at radius 2 is 1.63 bits per heavy atom. The van der Waals surface area contributed by atoms with E-state index in [0.717, 1.165) is 16.5 Å². The Morgan fingerprint density at radius 1 is 0.933 bits per heavy atom. The molecule has 2 N–H and O–H groups in total. The van der Waals surface area contributed by atoms with Crippen LogP contribution in [0, 0.1) is 0 Å². The van der Waals surface area contributed by atoms with Crippen molar-refractivity contribution in [1.82, 2.24) is 0 Å². The van der Waals surface area contributed by atoms with Gasteiger partial charge in [0, 0.05) is 17.0 Å². The summed E-state index contributed by atoms with van der Waals surface area (Å²) in [5.74, 6) is 0. The maximum absolute atomic E-state index is 12.5. The van der Waals surface area contributed by atoms with Crippen LogP contribution in [0.2, 0.25) is 0 Å². The molecule has 0 amide bonds. The summed E-state index contributed by atoms with van der Waals surface area (Å²) in [6.07, 6.45) is 0. The van der Waals surface area contributed by atoms with Crippen molar-refractivity contribution in [2.45, 2.75) is 6.92 Å². The van der Waals surface area contributed by atoms with Gasteiger partial charge in [-0.3, -0.25) is 5.43 Å². The zero-order valence-electron chi connectivity index (χ0n) is 16.2. The minimum atomic E-state index is -0.400. The van der Waals surface area contributed by atoms with Crippen LogP contribution in [-0.2, 0) is 0 Å². The summed E-state index contributed by atoms with van der Waals surface area (Å²) in [5, 5.41) is 17.6. The van der Waals surface area contributed by atoms with Gasteiger partial charge in [-0.05, 0) is 30.7 Å². The zero-order chi connectivity index (χ0) is 20.9. The quantitative estimate of drug-likeness (QED) is 0.212. The van der Waals surface area contributed by atoms with Crippen LogP contribution in [0.1, 0.15) is 12.5 Å². The molecule has 6 heteroatoms. The average Bonchev–Trinajstić information content (AvgIpc) is 2.79. The van der Waals surface area contributed by atoms with Crippen molar-refractivity contribution in [3.05, 3.63) is 101 Å². The van der Waals surface area contributed by atoms with Crippen molar-refractivity contribution in [3.63, 3.8) is 0 Å². The lowest BCUT2D eigenvalue weighted by atomic mass is 10.1. The first-order chi connectivity index (χ1) is 14.7. The molecule has 6 nitrogen and oxygen atoms in total. The van der Waals surface area contributed by atoms with Crippen LogP contribution in [0.4, 0.5) is 5.69 Å². The lowest BCUT2D eigenvalue weighted by Gasteiger charge is -2.08. The van der Waals surface area contributed by atoms with E-state index in [1.807, 2.05) is 78.9 Å². The Hall–Kier alpha value is -4.19. The van der Waals surface area contributed by atoms with Gasteiger partial charge in [0.15, 0.2) is 0 Å². The van der Waals surface area contributed by atoms with E-state index in [9.17, 15) is 10.0 Å². The standard InChI is InChI=1S/C24H19N3O3/c1-16(27-29)23(18-10-6-3-7-11-18)26-25-20-13-12-19-14-21(17-8-4-2-5-9-17)24(28)30-22(19)15-20/h2-15,25,29H,1H3/b26-23+,27-16-. The largest absolute Gasteiger partial charge is 0.422 e. The predicted molar refractivity (Wildman–Crippen MR) is 119 cm³/mol. The summed E-state index contributed by atoms with van der Waals surface area (Å²) >= 11 is 0. The predicted octanol–water partition coefficient (Wildman–Crippen LogP) is 5.13. The van der Waals surface area contributed by atoms with Crippen LogP contribution in [-0.4, -0.2) is 16.6 Å². The van der Waals surface area contributed by atoms with E-state index in [1.165, 1.54) is 0 Å². The number of nitrogens with one attached hydrogen (secondary N) is 1. The first kappa shape index (κ1) is 19.1. The van der Waals surface area contributed by atoms with Crippen molar-refractivity contribution in [2.24, 2.45) is 10.3 Å². The molecule has 148 valence electrons. The molecule has 4 rings (SSSR count). The maximum atomic E-state index is 12.5. The SMILES string of the molecule is CC(=N/O)/C(=N\Nc1ccc2cc(-c3ccccc3)c(=O)oc2c1)c1ccccc1. The molecule has 1 aromatic heterocycles. The third-order valence-electron chi connectivity index (χ3n) is 4.66. The number of nitrogens with zero attached hydrogens (tertiary/aromatic N) is 2. The average molecular weight is 397 g/mol. The number of anilines is 1. The molecule has 4 aromatic rings. The molecule has 3 aromatic carbocycles. The van der Waals surface area contributed by atoms with E-state index >= 15 is 0 Å². The van der Waals surface area contributed by atoms with Gasteiger partial charge in [0.2, 0.25) is 0 Å². The molecule has 0 saturated heterocycles. The molecule has 0 unspecified atom stereocenters. The molecule has 0 aliphatic carbocycles. The van der Waals surface area contributed by atoms with Crippen LogP contribution >= 0.6 is 0 Å². The molecule has 0 saturated carbocycles. The molecule has 0 aliphatic rings. The zero-order valence-corrected chi connectivity index (χ0v) is 16.2. The third kappa shape index (κ3) is 3.98. The Balaban J connectivity index is 1.68. The number of hydrazone groups is 1. The molecule has 1 heterocycles. The monoisotopic (exact) mass is 397 g/mol. The van der Waals surface area contributed by atoms with Crippen molar-refractivity contribution < 1.29 is 9.62 Å². The van der Waals surface area contributed by atoms with E-state index in [0.29, 0.717) is 28.3 Å². The smallest absolute Gasteiger partial charge is 0.344 e. The molecule has 0 atom stereocenters.